The third-order valence-corrected chi connectivity index (χ3v) is 12.5. The van der Waals surface area contributed by atoms with Crippen molar-refractivity contribution in [3.63, 3.8) is 0 Å². The van der Waals surface area contributed by atoms with Crippen LogP contribution in [0.25, 0.3) is 16.7 Å². The van der Waals surface area contributed by atoms with Gasteiger partial charge in [0.1, 0.15) is 0 Å². The minimum absolute atomic E-state index is 0.0485. The zero-order valence-electron chi connectivity index (χ0n) is 38.6. The van der Waals surface area contributed by atoms with Gasteiger partial charge >= 0.3 is 0 Å². The molecule has 0 radical (unpaired) electrons. The molecule has 0 spiro atoms. The second kappa shape index (κ2) is 15.6. The van der Waals surface area contributed by atoms with Crippen molar-refractivity contribution in [2.24, 2.45) is 20.0 Å². The molecule has 0 fully saturated rings. The highest BCUT2D eigenvalue weighted by Gasteiger charge is 2.29. The van der Waals surface area contributed by atoms with Crippen molar-refractivity contribution in [3.05, 3.63) is 177 Å². The highest BCUT2D eigenvalue weighted by Crippen LogP contribution is 2.41. The largest absolute Gasteiger partial charge is 0.287 e. The van der Waals surface area contributed by atoms with E-state index in [0.29, 0.717) is 0 Å². The van der Waals surface area contributed by atoms with Crippen LogP contribution in [0.1, 0.15) is 129 Å². The van der Waals surface area contributed by atoms with E-state index in [0.717, 1.165) is 83.9 Å². The predicted octanol–water partition coefficient (Wildman–Crippen LogP) is 14.0. The van der Waals surface area contributed by atoms with E-state index in [1.165, 1.54) is 34.0 Å². The van der Waals surface area contributed by atoms with Crippen LogP contribution in [0, 0.1) is 0 Å². The molecule has 8 rings (SSSR count). The first-order valence-corrected chi connectivity index (χ1v) is 22.5. The highest BCUT2D eigenvalue weighted by molar-refractivity contribution is 8.13. The Balaban J connectivity index is 1.43. The van der Waals surface area contributed by atoms with Gasteiger partial charge < -0.3 is 0 Å². The number of hydrogen-bond acceptors (Lipinski definition) is 6. The van der Waals surface area contributed by atoms with Crippen LogP contribution >= 0.6 is 11.8 Å². The summed E-state index contributed by atoms with van der Waals surface area (Å²) >= 11 is 1.23. The molecule has 5 heterocycles. The highest BCUT2D eigenvalue weighted by atomic mass is 32.2. The maximum absolute atomic E-state index is 12.1. The molecule has 62 heavy (non-hydrogen) atoms. The van der Waals surface area contributed by atoms with Crippen LogP contribution in [-0.4, -0.2) is 28.0 Å². The molecule has 0 amide bonds. The first-order chi connectivity index (χ1) is 29.0. The maximum Gasteiger partial charge on any atom is 0.190 e. The summed E-state index contributed by atoms with van der Waals surface area (Å²) in [6, 6.07) is 22.2. The van der Waals surface area contributed by atoms with Gasteiger partial charge in [-0.2, -0.15) is 0 Å². The van der Waals surface area contributed by atoms with Crippen LogP contribution in [0.3, 0.4) is 0 Å². The number of fused-ring (bicyclic) bond motifs is 4. The molecule has 0 N–H and O–H groups in total. The number of benzene rings is 3. The zero-order valence-corrected chi connectivity index (χ0v) is 39.4. The van der Waals surface area contributed by atoms with E-state index >= 15 is 0 Å². The number of nitrogens with zero attached hydrogens (tertiary/aromatic N) is 4. The first-order valence-electron chi connectivity index (χ1n) is 21.7. The molecular weight excluding hydrogens is 777 g/mol. The molecule has 314 valence electrons. The van der Waals surface area contributed by atoms with E-state index < -0.39 is 0 Å². The van der Waals surface area contributed by atoms with Gasteiger partial charge in [-0.25, -0.2) is 20.0 Å². The average molecular weight is 835 g/mol. The van der Waals surface area contributed by atoms with Crippen molar-refractivity contribution >= 4 is 56.4 Å². The Morgan fingerprint density at radius 2 is 0.823 bits per heavy atom. The lowest BCUT2D eigenvalue weighted by Gasteiger charge is -2.27. The van der Waals surface area contributed by atoms with E-state index in [9.17, 15) is 4.79 Å². The van der Waals surface area contributed by atoms with Crippen LogP contribution in [0.5, 0.6) is 0 Å². The summed E-state index contributed by atoms with van der Waals surface area (Å²) in [4.78, 5) is 34.6. The minimum atomic E-state index is -0.0772. The van der Waals surface area contributed by atoms with Gasteiger partial charge in [-0.1, -0.05) is 143 Å². The molecule has 3 aromatic rings. The van der Waals surface area contributed by atoms with Crippen molar-refractivity contribution < 1.29 is 4.79 Å². The molecule has 6 heteroatoms. The molecule has 0 aromatic heterocycles. The third-order valence-electron chi connectivity index (χ3n) is 11.7. The molecule has 0 unspecified atom stereocenters. The second-order valence-electron chi connectivity index (χ2n) is 20.9. The lowest BCUT2D eigenvalue weighted by atomic mass is 9.78. The Bertz CT molecular complexity index is 2690. The normalized spacial score (nSPS) is 17.6. The number of rotatable bonds is 4. The second-order valence-corrected chi connectivity index (χ2v) is 22.2. The van der Waals surface area contributed by atoms with Crippen molar-refractivity contribution in [2.75, 3.05) is 0 Å². The van der Waals surface area contributed by atoms with E-state index in [1.54, 1.807) is 6.92 Å². The first kappa shape index (κ1) is 42.9. The summed E-state index contributed by atoms with van der Waals surface area (Å²) in [5.41, 5.74) is 17.4. The Labute approximate surface area is 373 Å². The third kappa shape index (κ3) is 8.81. The van der Waals surface area contributed by atoms with Gasteiger partial charge in [0.2, 0.25) is 0 Å². The van der Waals surface area contributed by atoms with Gasteiger partial charge in [-0.05, 0) is 127 Å². The zero-order chi connectivity index (χ0) is 44.5. The van der Waals surface area contributed by atoms with Crippen LogP contribution in [0.4, 0.5) is 0 Å². The average Bonchev–Trinajstić information content (AvgIpc) is 4.01. The van der Waals surface area contributed by atoms with Crippen LogP contribution < -0.4 is 0 Å². The molecule has 0 atom stereocenters. The van der Waals surface area contributed by atoms with Crippen LogP contribution in [0.2, 0.25) is 0 Å². The summed E-state index contributed by atoms with van der Waals surface area (Å²) in [7, 11) is 0. The van der Waals surface area contributed by atoms with Crippen molar-refractivity contribution in [2.45, 2.75) is 117 Å². The summed E-state index contributed by atoms with van der Waals surface area (Å²) in [5, 5.41) is 0.0485. The summed E-state index contributed by atoms with van der Waals surface area (Å²) in [5.74, 6) is 0. The molecule has 5 aliphatic heterocycles. The SMILES string of the molecule is CC(=O)Sc1ccc(C2=C3C=CC(=N3)C(c3cc(C(C)(C)C)cc(C(C)(C)C)c3)=C3C=CC(=N3)C=C3C=CC(=N3)C(c3cc(C(C)(C)C)cc(C(C)(C)C)c3)=C3C=CC2=N3)cc1. The van der Waals surface area contributed by atoms with Crippen LogP contribution in [-0.2, 0) is 26.5 Å². The lowest BCUT2D eigenvalue weighted by molar-refractivity contribution is -0.109. The Kier molecular flexibility index (Phi) is 10.8. The molecule has 0 aliphatic carbocycles. The van der Waals surface area contributed by atoms with Gasteiger partial charge in [0.15, 0.2) is 5.12 Å². The number of thioether (sulfide) groups is 1. The fraction of sp³-hybridized carbons (Fsp3) is 0.304. The topological polar surface area (TPSA) is 66.5 Å². The van der Waals surface area contributed by atoms with Gasteiger partial charge in [-0.15, -0.1) is 0 Å². The number of carbonyl (C=O) groups excluding carboxylic acids is 1. The van der Waals surface area contributed by atoms with Gasteiger partial charge in [0.25, 0.3) is 0 Å². The van der Waals surface area contributed by atoms with Crippen molar-refractivity contribution in [1.29, 1.82) is 0 Å². The monoisotopic (exact) mass is 834 g/mol. The Morgan fingerprint density at radius 3 is 1.26 bits per heavy atom. The number of allylic oxidation sites excluding steroid dienone is 12. The van der Waals surface area contributed by atoms with E-state index in [2.05, 4.69) is 186 Å². The van der Waals surface area contributed by atoms with E-state index in [4.69, 9.17) is 20.0 Å². The lowest BCUT2D eigenvalue weighted by Crippen LogP contribution is -2.17. The predicted molar refractivity (Wildman–Crippen MR) is 266 cm³/mol. The molecule has 8 bridgehead atoms. The standard InChI is InChI=1S/C56H58N4OS/c1-33(61)62-43-18-14-34(15-19-43)50-46-22-24-48(59-46)51(35-26-37(53(2,3)4)30-38(27-35)54(5,6)7)44-20-16-41(57-44)32-42-17-21-45(58-42)52(49-25-23-47(50)60-49)36-28-39(55(8,9)10)31-40(29-36)56(11,12)13/h14-32H,1-13H3. The number of carbonyl (C=O) groups is 1. The quantitative estimate of drug-likeness (QED) is 0.246. The van der Waals surface area contributed by atoms with Gasteiger partial charge in [0.05, 0.1) is 45.6 Å². The maximum atomic E-state index is 12.1. The smallest absolute Gasteiger partial charge is 0.190 e. The Morgan fingerprint density at radius 1 is 0.435 bits per heavy atom. The summed E-state index contributed by atoms with van der Waals surface area (Å²) in [6.45, 7) is 28.8. The minimum Gasteiger partial charge on any atom is -0.287 e. The molecule has 5 nitrogen and oxygen atoms in total. The van der Waals surface area contributed by atoms with Crippen LogP contribution in [0.15, 0.2) is 163 Å². The van der Waals surface area contributed by atoms with Gasteiger partial charge in [0, 0.05) is 28.5 Å². The van der Waals surface area contributed by atoms with E-state index in [1.807, 2.05) is 12.1 Å². The number of hydrogen-bond donors (Lipinski definition) is 0. The van der Waals surface area contributed by atoms with Crippen molar-refractivity contribution in [1.82, 2.24) is 0 Å². The summed E-state index contributed by atoms with van der Waals surface area (Å²) in [6.07, 6.45) is 18.9. The fourth-order valence-electron chi connectivity index (χ4n) is 8.04. The number of aliphatic imine (C=N–C) groups is 4. The van der Waals surface area contributed by atoms with E-state index in [-0.39, 0.29) is 26.8 Å². The fourth-order valence-corrected chi connectivity index (χ4v) is 8.64. The molecule has 5 aliphatic rings. The van der Waals surface area contributed by atoms with Crippen molar-refractivity contribution in [3.8, 4) is 0 Å². The molecule has 0 saturated carbocycles. The van der Waals surface area contributed by atoms with Gasteiger partial charge in [-0.3, -0.25) is 4.79 Å². The Hall–Kier alpha value is -5.72. The molecule has 0 saturated heterocycles. The summed E-state index contributed by atoms with van der Waals surface area (Å²) < 4.78 is 0. The molecule has 3 aromatic carbocycles. The molecular formula is C56H58N4OS.